The summed E-state index contributed by atoms with van der Waals surface area (Å²) in [6.45, 7) is 3.98. The van der Waals surface area contributed by atoms with Gasteiger partial charge in [-0.2, -0.15) is 0 Å². The zero-order chi connectivity index (χ0) is 18.8. The lowest BCUT2D eigenvalue weighted by Gasteiger charge is -2.55. The third kappa shape index (κ3) is 2.84. The maximum atomic E-state index is 13.6. The largest absolute Gasteiger partial charge is 0.497 e. The van der Waals surface area contributed by atoms with Crippen molar-refractivity contribution in [1.29, 1.82) is 0 Å². The first kappa shape index (κ1) is 17.2. The van der Waals surface area contributed by atoms with Gasteiger partial charge in [0.1, 0.15) is 11.5 Å². The number of benzene rings is 1. The molecule has 4 heteroatoms. The lowest BCUT2D eigenvalue weighted by molar-refractivity contribution is -0.138. The van der Waals surface area contributed by atoms with Crippen LogP contribution in [-0.2, 0) is 4.79 Å². The highest BCUT2D eigenvalue weighted by atomic mass is 16.5. The average Bonchev–Trinajstić information content (AvgIpc) is 2.59. The molecule has 0 unspecified atom stereocenters. The molecular weight excluding hydrogens is 338 g/mol. The maximum Gasteiger partial charge on any atom is 0.175 e. The molecule has 0 saturated heterocycles. The lowest BCUT2D eigenvalue weighted by Crippen LogP contribution is -2.50. The molecule has 4 nitrogen and oxygen atoms in total. The Hall–Kier alpha value is -1.97. The topological polar surface area (TPSA) is 47.6 Å². The van der Waals surface area contributed by atoms with Crippen molar-refractivity contribution in [2.75, 3.05) is 7.11 Å². The number of fused-ring (bicyclic) bond motifs is 1. The zero-order valence-electron chi connectivity index (χ0n) is 16.5. The Bertz CT molecular complexity index is 788. The predicted octanol–water partition coefficient (Wildman–Crippen LogP) is 4.54. The molecule has 0 amide bonds. The summed E-state index contributed by atoms with van der Waals surface area (Å²) in [5.41, 5.74) is 1.10. The molecule has 1 aromatic rings. The minimum absolute atomic E-state index is 0.120. The van der Waals surface area contributed by atoms with Crippen molar-refractivity contribution in [1.82, 2.24) is 5.32 Å². The number of methoxy groups -OCH3 is 1. The second-order valence-corrected chi connectivity index (χ2v) is 9.72. The van der Waals surface area contributed by atoms with Crippen LogP contribution in [0.1, 0.15) is 57.9 Å². The fraction of sp³-hybridized carbons (Fsp3) is 0.609. The first-order valence-electron chi connectivity index (χ1n) is 10.3. The number of hydrogen-bond acceptors (Lipinski definition) is 4. The predicted molar refractivity (Wildman–Crippen MR) is 104 cm³/mol. The summed E-state index contributed by atoms with van der Waals surface area (Å²) in [7, 11) is 1.66. The van der Waals surface area contributed by atoms with Gasteiger partial charge in [-0.25, -0.2) is 0 Å². The highest BCUT2D eigenvalue weighted by Gasteiger charge is 2.54. The van der Waals surface area contributed by atoms with Crippen molar-refractivity contribution in [3.05, 3.63) is 29.8 Å². The van der Waals surface area contributed by atoms with Gasteiger partial charge in [-0.15, -0.1) is 0 Å². The minimum atomic E-state index is -0.546. The van der Waals surface area contributed by atoms with Gasteiger partial charge in [0.2, 0.25) is 0 Å². The van der Waals surface area contributed by atoms with Gasteiger partial charge in [-0.3, -0.25) is 4.79 Å². The molecule has 0 atom stereocenters. The Morgan fingerprint density at radius 1 is 1.15 bits per heavy atom. The Labute approximate surface area is 161 Å². The van der Waals surface area contributed by atoms with Crippen LogP contribution in [0.25, 0.3) is 5.70 Å². The Balaban J connectivity index is 1.52. The molecule has 5 aliphatic rings. The third-order valence-corrected chi connectivity index (χ3v) is 7.11. The Kier molecular flexibility index (Phi) is 3.66. The van der Waals surface area contributed by atoms with Gasteiger partial charge in [-0.1, -0.05) is 0 Å². The van der Waals surface area contributed by atoms with Gasteiger partial charge in [0.05, 0.1) is 12.8 Å². The van der Waals surface area contributed by atoms with E-state index in [4.69, 9.17) is 9.47 Å². The fourth-order valence-corrected chi connectivity index (χ4v) is 6.44. The molecule has 1 N–H and O–H groups in total. The monoisotopic (exact) mass is 367 g/mol. The molecule has 4 saturated carbocycles. The number of allylic oxidation sites excluding steroid dienone is 1. The van der Waals surface area contributed by atoms with E-state index in [-0.39, 0.29) is 5.41 Å². The molecule has 27 heavy (non-hydrogen) atoms. The van der Waals surface area contributed by atoms with Crippen molar-refractivity contribution in [2.24, 2.45) is 23.2 Å². The highest BCUT2D eigenvalue weighted by molar-refractivity contribution is 6.01. The van der Waals surface area contributed by atoms with Gasteiger partial charge in [0.25, 0.3) is 0 Å². The van der Waals surface area contributed by atoms with Gasteiger partial charge in [-0.05, 0) is 88.3 Å². The summed E-state index contributed by atoms with van der Waals surface area (Å²) in [5.74, 6) is 4.19. The van der Waals surface area contributed by atoms with Crippen LogP contribution in [0.2, 0.25) is 0 Å². The summed E-state index contributed by atoms with van der Waals surface area (Å²) in [5, 5.41) is 3.43. The van der Waals surface area contributed by atoms with Crippen molar-refractivity contribution >= 4 is 11.5 Å². The molecule has 4 aliphatic carbocycles. The molecule has 4 fully saturated rings. The lowest BCUT2D eigenvalue weighted by atomic mass is 9.48. The molecule has 1 aliphatic heterocycles. The molecule has 1 aromatic carbocycles. The molecule has 4 bridgehead atoms. The number of ether oxygens (including phenoxy) is 2. The van der Waals surface area contributed by atoms with Crippen molar-refractivity contribution in [3.63, 3.8) is 0 Å². The number of carbonyl (C=O) groups is 1. The standard InChI is InChI=1S/C23H29NO3/c1-22(2)24-19(18-9-17(26-3)4-5-20(18)27-22)10-21(25)23-11-14-6-15(12-23)8-16(7-14)13-23/h4-5,9-10,14-16,24H,6-8,11-13H2,1-3H3/b19-10-. The summed E-state index contributed by atoms with van der Waals surface area (Å²) in [6, 6.07) is 5.79. The van der Waals surface area contributed by atoms with Crippen LogP contribution in [0.4, 0.5) is 0 Å². The molecule has 144 valence electrons. The molecule has 0 aromatic heterocycles. The Morgan fingerprint density at radius 2 is 1.78 bits per heavy atom. The van der Waals surface area contributed by atoms with E-state index in [1.807, 2.05) is 38.1 Å². The molecule has 0 radical (unpaired) electrons. The van der Waals surface area contributed by atoms with E-state index in [1.165, 1.54) is 19.3 Å². The van der Waals surface area contributed by atoms with Crippen molar-refractivity contribution < 1.29 is 14.3 Å². The maximum absolute atomic E-state index is 13.6. The van der Waals surface area contributed by atoms with Crippen LogP contribution < -0.4 is 14.8 Å². The van der Waals surface area contributed by atoms with E-state index in [0.29, 0.717) is 5.78 Å². The van der Waals surface area contributed by atoms with Crippen LogP contribution in [0.5, 0.6) is 11.5 Å². The van der Waals surface area contributed by atoms with Gasteiger partial charge in [0, 0.05) is 17.1 Å². The first-order chi connectivity index (χ1) is 12.9. The summed E-state index contributed by atoms with van der Waals surface area (Å²) < 4.78 is 11.5. The second kappa shape index (κ2) is 5.76. The Morgan fingerprint density at radius 3 is 2.37 bits per heavy atom. The smallest absolute Gasteiger partial charge is 0.175 e. The van der Waals surface area contributed by atoms with Gasteiger partial charge in [0.15, 0.2) is 11.5 Å². The highest BCUT2D eigenvalue weighted by Crippen LogP contribution is 2.60. The van der Waals surface area contributed by atoms with E-state index in [0.717, 1.165) is 59.8 Å². The van der Waals surface area contributed by atoms with Gasteiger partial charge >= 0.3 is 0 Å². The van der Waals surface area contributed by atoms with Crippen LogP contribution in [0.3, 0.4) is 0 Å². The first-order valence-corrected chi connectivity index (χ1v) is 10.3. The van der Waals surface area contributed by atoms with Crippen LogP contribution in [-0.4, -0.2) is 18.6 Å². The number of ketones is 1. The van der Waals surface area contributed by atoms with Crippen LogP contribution >= 0.6 is 0 Å². The van der Waals surface area contributed by atoms with Gasteiger partial charge < -0.3 is 14.8 Å². The van der Waals surface area contributed by atoms with Crippen LogP contribution in [0, 0.1) is 23.2 Å². The summed E-state index contributed by atoms with van der Waals surface area (Å²) in [4.78, 5) is 13.6. The normalized spacial score (nSPS) is 36.7. The summed E-state index contributed by atoms with van der Waals surface area (Å²) in [6.07, 6.45) is 9.19. The fourth-order valence-electron chi connectivity index (χ4n) is 6.44. The molecule has 6 rings (SSSR count). The van der Waals surface area contributed by atoms with E-state index in [9.17, 15) is 4.79 Å². The summed E-state index contributed by atoms with van der Waals surface area (Å²) >= 11 is 0. The minimum Gasteiger partial charge on any atom is -0.497 e. The third-order valence-electron chi connectivity index (χ3n) is 7.11. The number of nitrogens with one attached hydrogen (secondary N) is 1. The number of rotatable bonds is 3. The number of hydrogen-bond donors (Lipinski definition) is 1. The number of carbonyl (C=O) groups excluding carboxylic acids is 1. The van der Waals surface area contributed by atoms with Crippen LogP contribution in [0.15, 0.2) is 24.3 Å². The molecular formula is C23H29NO3. The SMILES string of the molecule is COc1ccc2c(c1)/C(=C/C(=O)C13CC4CC(CC(C4)C1)C3)NC(C)(C)O2. The van der Waals surface area contributed by atoms with Crippen molar-refractivity contribution in [2.45, 2.75) is 58.1 Å². The zero-order valence-corrected chi connectivity index (χ0v) is 16.5. The van der Waals surface area contributed by atoms with E-state index >= 15 is 0 Å². The molecule has 1 heterocycles. The quantitative estimate of drug-likeness (QED) is 0.797. The molecule has 0 spiro atoms. The van der Waals surface area contributed by atoms with Crippen molar-refractivity contribution in [3.8, 4) is 11.5 Å². The van der Waals surface area contributed by atoms with E-state index in [1.54, 1.807) is 7.11 Å². The van der Waals surface area contributed by atoms with E-state index < -0.39 is 5.72 Å². The second-order valence-electron chi connectivity index (χ2n) is 9.72. The van der Waals surface area contributed by atoms with E-state index in [2.05, 4.69) is 5.32 Å². The average molecular weight is 367 g/mol.